The van der Waals surface area contributed by atoms with Crippen LogP contribution in [0, 0.1) is 0 Å². The number of hydrogen-bond acceptors (Lipinski definition) is 2. The third kappa shape index (κ3) is 18.4. The van der Waals surface area contributed by atoms with E-state index in [0.29, 0.717) is 6.42 Å². The van der Waals surface area contributed by atoms with Crippen LogP contribution in [0.1, 0.15) is 115 Å². The van der Waals surface area contributed by atoms with Crippen LogP contribution >= 0.6 is 0 Å². The molecule has 0 bridgehead atoms. The van der Waals surface area contributed by atoms with Gasteiger partial charge in [0.25, 0.3) is 0 Å². The molecule has 0 aliphatic carbocycles. The predicted octanol–water partition coefficient (Wildman–Crippen LogP) is 4.34. The van der Waals surface area contributed by atoms with Crippen LogP contribution in [0.2, 0.25) is 0 Å². The Balaban J connectivity index is 0.00000900. The van der Waals surface area contributed by atoms with Crippen LogP contribution in [-0.2, 0) is 11.2 Å². The van der Waals surface area contributed by atoms with Gasteiger partial charge in [0.15, 0.2) is 0 Å². The van der Waals surface area contributed by atoms with Crippen molar-refractivity contribution in [3.63, 3.8) is 0 Å². The van der Waals surface area contributed by atoms with Crippen LogP contribution in [0.15, 0.2) is 30.3 Å². The molecule has 0 aliphatic rings. The molecule has 1 aromatic rings. The molecule has 0 saturated heterocycles. The lowest BCUT2D eigenvalue weighted by atomic mass is 10.0. The summed E-state index contributed by atoms with van der Waals surface area (Å²) >= 11 is 0. The third-order valence-corrected chi connectivity index (χ3v) is 6.09. The molecule has 0 radical (unpaired) electrons. The molecular formula is C27H49ClN2O. The minimum absolute atomic E-state index is 0. The van der Waals surface area contributed by atoms with Gasteiger partial charge >= 0.3 is 5.91 Å². The Labute approximate surface area is 199 Å². The van der Waals surface area contributed by atoms with Crippen LogP contribution in [0.3, 0.4) is 0 Å². The normalized spacial score (nSPS) is 11.3. The second-order valence-corrected chi connectivity index (χ2v) is 9.58. The summed E-state index contributed by atoms with van der Waals surface area (Å²) in [7, 11) is 3.49. The van der Waals surface area contributed by atoms with Gasteiger partial charge in [0.1, 0.15) is 0 Å². The first-order valence-corrected chi connectivity index (χ1v) is 12.7. The van der Waals surface area contributed by atoms with Crippen molar-refractivity contribution in [2.75, 3.05) is 14.1 Å². The molecule has 0 unspecified atom stereocenters. The van der Waals surface area contributed by atoms with Crippen molar-refractivity contribution in [2.24, 2.45) is 5.84 Å². The fraction of sp³-hybridized carbons (Fsp3) is 0.741. The monoisotopic (exact) mass is 452 g/mol. The summed E-state index contributed by atoms with van der Waals surface area (Å²) in [4.78, 5) is 11.7. The van der Waals surface area contributed by atoms with E-state index < -0.39 is 0 Å². The van der Waals surface area contributed by atoms with Crippen molar-refractivity contribution in [1.82, 2.24) is 0 Å². The lowest BCUT2D eigenvalue weighted by Gasteiger charge is -2.18. The maximum atomic E-state index is 11.7. The highest BCUT2D eigenvalue weighted by molar-refractivity contribution is 5.68. The number of unbranched alkanes of at least 4 members (excludes halogenated alkanes) is 15. The number of hydrogen-bond donors (Lipinski definition) is 1. The quantitative estimate of drug-likeness (QED) is 0.111. The van der Waals surface area contributed by atoms with Crippen molar-refractivity contribution in [3.05, 3.63) is 35.9 Å². The van der Waals surface area contributed by atoms with Crippen molar-refractivity contribution in [1.29, 1.82) is 0 Å². The molecule has 31 heavy (non-hydrogen) atoms. The Hall–Kier alpha value is -0.900. The summed E-state index contributed by atoms with van der Waals surface area (Å²) in [6, 6.07) is 10.9. The summed E-state index contributed by atoms with van der Waals surface area (Å²) in [6.07, 6.45) is 23.4. The van der Waals surface area contributed by atoms with Crippen molar-refractivity contribution >= 4 is 5.91 Å². The van der Waals surface area contributed by atoms with E-state index in [1.165, 1.54) is 102 Å². The maximum absolute atomic E-state index is 11.7. The Kier molecular flexibility index (Phi) is 19.2. The molecule has 0 spiro atoms. The van der Waals surface area contributed by atoms with Crippen molar-refractivity contribution in [3.8, 4) is 0 Å². The molecular weight excluding hydrogens is 404 g/mol. The molecule has 0 aromatic heterocycles. The largest absolute Gasteiger partial charge is 1.00 e. The van der Waals surface area contributed by atoms with Gasteiger partial charge in [-0.15, -0.1) is 0 Å². The van der Waals surface area contributed by atoms with Gasteiger partial charge in [-0.2, -0.15) is 10.4 Å². The van der Waals surface area contributed by atoms with Gasteiger partial charge in [-0.05, 0) is 24.8 Å². The zero-order valence-corrected chi connectivity index (χ0v) is 21.2. The van der Waals surface area contributed by atoms with Gasteiger partial charge in [-0.25, -0.2) is 4.79 Å². The molecule has 0 saturated carbocycles. The van der Waals surface area contributed by atoms with Gasteiger partial charge in [-0.3, -0.25) is 0 Å². The van der Waals surface area contributed by atoms with Gasteiger partial charge in [0.05, 0.1) is 20.5 Å². The Bertz CT molecular complexity index is 528. The number of carbonyl (C=O) groups excluding carboxylic acids is 1. The Morgan fingerprint density at radius 1 is 0.645 bits per heavy atom. The molecule has 0 atom stereocenters. The van der Waals surface area contributed by atoms with Crippen molar-refractivity contribution < 1.29 is 21.8 Å². The molecule has 0 fully saturated rings. The first-order chi connectivity index (χ1) is 14.5. The molecule has 4 heteroatoms. The number of halogens is 1. The number of nitrogens with zero attached hydrogens (tertiary/aromatic N) is 1. The molecule has 0 heterocycles. The zero-order chi connectivity index (χ0) is 21.9. The van der Waals surface area contributed by atoms with E-state index in [1.807, 2.05) is 0 Å². The number of aryl methyl sites for hydroxylation is 1. The van der Waals surface area contributed by atoms with E-state index in [-0.39, 0.29) is 22.9 Å². The standard InChI is InChI=1S/C27H49N2O.ClH/c1-29(2,28)27(30)25-21-16-14-12-10-8-6-4-3-5-7-9-11-13-15-18-22-26-23-19-17-20-24-26;/h17,19-20,23-24H,3-16,18,21-22,25,28H2,1-2H3;1H/q+1;/p-1. The number of benzene rings is 1. The van der Waals surface area contributed by atoms with Crippen LogP contribution in [0.25, 0.3) is 0 Å². The summed E-state index contributed by atoms with van der Waals surface area (Å²) in [6.45, 7) is 0. The van der Waals surface area contributed by atoms with Gasteiger partial charge in [-0.1, -0.05) is 120 Å². The van der Waals surface area contributed by atoms with E-state index in [2.05, 4.69) is 30.3 Å². The van der Waals surface area contributed by atoms with Crippen LogP contribution in [0.5, 0.6) is 0 Å². The lowest BCUT2D eigenvalue weighted by molar-refractivity contribution is -0.826. The SMILES string of the molecule is C[N+](C)(N)C(=O)CCCCCCCCCCCCCCCCCCc1ccccc1.[Cl-]. The Morgan fingerprint density at radius 2 is 1.00 bits per heavy atom. The Morgan fingerprint density at radius 3 is 1.39 bits per heavy atom. The summed E-state index contributed by atoms with van der Waals surface area (Å²) in [5, 5.41) is 0. The van der Waals surface area contributed by atoms with Gasteiger partial charge < -0.3 is 12.4 Å². The maximum Gasteiger partial charge on any atom is 0.332 e. The second kappa shape index (κ2) is 19.8. The molecule has 0 aliphatic heterocycles. The number of rotatable bonds is 19. The van der Waals surface area contributed by atoms with E-state index >= 15 is 0 Å². The van der Waals surface area contributed by atoms with Crippen LogP contribution in [0.4, 0.5) is 0 Å². The highest BCUT2D eigenvalue weighted by Gasteiger charge is 2.20. The van der Waals surface area contributed by atoms with E-state index in [4.69, 9.17) is 5.84 Å². The zero-order valence-electron chi connectivity index (χ0n) is 20.4. The molecule has 1 aromatic carbocycles. The summed E-state index contributed by atoms with van der Waals surface area (Å²) in [5.41, 5.74) is 1.49. The van der Waals surface area contributed by atoms with Gasteiger partial charge in [0.2, 0.25) is 0 Å². The molecule has 1 rings (SSSR count). The third-order valence-electron chi connectivity index (χ3n) is 6.09. The van der Waals surface area contributed by atoms with E-state index in [1.54, 1.807) is 14.1 Å². The highest BCUT2D eigenvalue weighted by atomic mass is 35.5. The molecule has 3 nitrogen and oxygen atoms in total. The average molecular weight is 453 g/mol. The van der Waals surface area contributed by atoms with Crippen LogP contribution < -0.4 is 18.2 Å². The average Bonchev–Trinajstić information content (AvgIpc) is 2.72. The smallest absolute Gasteiger partial charge is 0.332 e. The second-order valence-electron chi connectivity index (χ2n) is 9.58. The molecule has 2 N–H and O–H groups in total. The predicted molar refractivity (Wildman–Crippen MR) is 130 cm³/mol. The summed E-state index contributed by atoms with van der Waals surface area (Å²) < 4.78 is -0.0330. The number of carbonyl (C=O) groups is 1. The minimum Gasteiger partial charge on any atom is -1.00 e. The molecule has 1 amide bonds. The number of nitrogens with two attached hydrogens (primary N) is 1. The van der Waals surface area contributed by atoms with Crippen LogP contribution in [-0.4, -0.2) is 24.6 Å². The number of amides is 1. The first-order valence-electron chi connectivity index (χ1n) is 12.7. The topological polar surface area (TPSA) is 43.1 Å². The minimum atomic E-state index is -0.0330. The highest BCUT2D eigenvalue weighted by Crippen LogP contribution is 2.15. The fourth-order valence-corrected chi connectivity index (χ4v) is 4.01. The molecule has 180 valence electrons. The van der Waals surface area contributed by atoms with Gasteiger partial charge in [0, 0.05) is 0 Å². The van der Waals surface area contributed by atoms with E-state index in [9.17, 15) is 4.79 Å². The lowest BCUT2D eigenvalue weighted by Crippen LogP contribution is -3.00. The summed E-state index contributed by atoms with van der Waals surface area (Å²) in [5.74, 6) is 5.89. The first kappa shape index (κ1) is 30.1. The van der Waals surface area contributed by atoms with Crippen molar-refractivity contribution in [2.45, 2.75) is 116 Å². The fourth-order valence-electron chi connectivity index (χ4n) is 4.01. The van der Waals surface area contributed by atoms with E-state index in [0.717, 1.165) is 12.8 Å². The number of quaternary nitrogens is 1.